The first-order chi connectivity index (χ1) is 9.95. The molecule has 1 N–H and O–H groups in total. The summed E-state index contributed by atoms with van der Waals surface area (Å²) in [5.74, 6) is 0. The molecule has 0 radical (unpaired) electrons. The Morgan fingerprint density at radius 2 is 2.00 bits per heavy atom. The van der Waals surface area contributed by atoms with Crippen molar-refractivity contribution in [2.24, 2.45) is 0 Å². The largest absolute Gasteiger partial charge is 0.387 e. The summed E-state index contributed by atoms with van der Waals surface area (Å²) in [7, 11) is 0. The first-order valence-corrected chi connectivity index (χ1v) is 8.39. The zero-order valence-electron chi connectivity index (χ0n) is 12.2. The van der Waals surface area contributed by atoms with E-state index < -0.39 is 6.10 Å². The standard InChI is InChI=1S/C15H17N3OS2/c1-15(2,3)14-13(21-18-17-14)10(19)8-12-16-9-6-4-5-7-11(9)20-12/h4-7,10,19H,8H2,1-3H3. The molecule has 2 heterocycles. The van der Waals surface area contributed by atoms with E-state index >= 15 is 0 Å². The van der Waals surface area contributed by atoms with E-state index in [-0.39, 0.29) is 5.41 Å². The van der Waals surface area contributed by atoms with E-state index in [2.05, 4.69) is 41.4 Å². The van der Waals surface area contributed by atoms with Crippen molar-refractivity contribution in [2.45, 2.75) is 38.7 Å². The molecule has 6 heteroatoms. The van der Waals surface area contributed by atoms with Crippen molar-refractivity contribution in [3.05, 3.63) is 39.8 Å². The number of hydrogen-bond acceptors (Lipinski definition) is 6. The third-order valence-corrected chi connectivity index (χ3v) is 5.12. The van der Waals surface area contributed by atoms with Crippen LogP contribution < -0.4 is 0 Å². The fourth-order valence-corrected chi connectivity index (χ4v) is 4.05. The molecule has 1 atom stereocenters. The zero-order valence-corrected chi connectivity index (χ0v) is 13.8. The highest BCUT2D eigenvalue weighted by Crippen LogP contribution is 2.33. The molecule has 0 fully saturated rings. The molecule has 0 saturated carbocycles. The summed E-state index contributed by atoms with van der Waals surface area (Å²) in [5, 5.41) is 15.7. The first-order valence-electron chi connectivity index (χ1n) is 6.80. The van der Waals surface area contributed by atoms with Gasteiger partial charge >= 0.3 is 0 Å². The molecule has 4 nitrogen and oxygen atoms in total. The number of hydrogen-bond donors (Lipinski definition) is 1. The van der Waals surface area contributed by atoms with E-state index in [1.54, 1.807) is 11.3 Å². The van der Waals surface area contributed by atoms with Gasteiger partial charge in [0, 0.05) is 11.8 Å². The van der Waals surface area contributed by atoms with E-state index in [1.165, 1.54) is 11.5 Å². The van der Waals surface area contributed by atoms with Crippen LogP contribution in [0.1, 0.15) is 42.5 Å². The minimum absolute atomic E-state index is 0.114. The summed E-state index contributed by atoms with van der Waals surface area (Å²) in [6, 6.07) is 8.03. The van der Waals surface area contributed by atoms with Gasteiger partial charge in [0.05, 0.1) is 31.9 Å². The van der Waals surface area contributed by atoms with Gasteiger partial charge in [0.25, 0.3) is 0 Å². The van der Waals surface area contributed by atoms with Crippen LogP contribution in [0.4, 0.5) is 0 Å². The Bertz CT molecular complexity index is 724. The molecule has 0 saturated heterocycles. The summed E-state index contributed by atoms with van der Waals surface area (Å²) in [6.07, 6.45) is -0.0912. The highest BCUT2D eigenvalue weighted by molar-refractivity contribution is 7.18. The lowest BCUT2D eigenvalue weighted by Crippen LogP contribution is -2.16. The lowest BCUT2D eigenvalue weighted by molar-refractivity contribution is 0.179. The van der Waals surface area contributed by atoms with Crippen LogP contribution in [0, 0.1) is 0 Å². The third-order valence-electron chi connectivity index (χ3n) is 3.23. The fourth-order valence-electron chi connectivity index (χ4n) is 2.20. The van der Waals surface area contributed by atoms with E-state index in [4.69, 9.17) is 0 Å². The van der Waals surface area contributed by atoms with Gasteiger partial charge < -0.3 is 5.11 Å². The molecule has 1 unspecified atom stereocenters. The molecule has 3 aromatic rings. The smallest absolute Gasteiger partial charge is 0.0980 e. The number of aromatic nitrogens is 3. The van der Waals surface area contributed by atoms with Gasteiger partial charge in [0.2, 0.25) is 0 Å². The van der Waals surface area contributed by atoms with Crippen LogP contribution in [0.25, 0.3) is 10.2 Å². The van der Waals surface area contributed by atoms with Gasteiger partial charge in [-0.3, -0.25) is 0 Å². The van der Waals surface area contributed by atoms with Crippen molar-refractivity contribution in [1.29, 1.82) is 0 Å². The Morgan fingerprint density at radius 3 is 2.71 bits per heavy atom. The number of rotatable bonds is 3. The topological polar surface area (TPSA) is 58.9 Å². The maximum absolute atomic E-state index is 10.5. The quantitative estimate of drug-likeness (QED) is 0.799. The number of benzene rings is 1. The van der Waals surface area contributed by atoms with Crippen LogP contribution in [-0.2, 0) is 11.8 Å². The number of aliphatic hydroxyl groups is 1. The van der Waals surface area contributed by atoms with Crippen LogP contribution in [0.15, 0.2) is 24.3 Å². The van der Waals surface area contributed by atoms with Crippen LogP contribution in [0.5, 0.6) is 0 Å². The van der Waals surface area contributed by atoms with Gasteiger partial charge in [-0.15, -0.1) is 16.4 Å². The summed E-state index contributed by atoms with van der Waals surface area (Å²) >= 11 is 2.91. The first kappa shape index (κ1) is 14.6. The second-order valence-electron chi connectivity index (χ2n) is 6.03. The monoisotopic (exact) mass is 319 g/mol. The number of aliphatic hydroxyl groups excluding tert-OH is 1. The van der Waals surface area contributed by atoms with Crippen molar-refractivity contribution in [2.75, 3.05) is 0 Å². The minimum Gasteiger partial charge on any atom is -0.387 e. The Labute approximate surface area is 131 Å². The van der Waals surface area contributed by atoms with E-state index in [0.29, 0.717) is 6.42 Å². The van der Waals surface area contributed by atoms with Crippen LogP contribution in [0.2, 0.25) is 0 Å². The molecule has 0 amide bonds. The summed E-state index contributed by atoms with van der Waals surface area (Å²) in [5.41, 5.74) is 1.75. The highest BCUT2D eigenvalue weighted by atomic mass is 32.1. The molecule has 2 aromatic heterocycles. The Hall–Kier alpha value is -1.37. The van der Waals surface area contributed by atoms with E-state index in [0.717, 1.165) is 25.8 Å². The SMILES string of the molecule is CC(C)(C)c1nnsc1C(O)Cc1nc2ccccc2s1. The predicted octanol–water partition coefficient (Wildman–Crippen LogP) is 3.72. The maximum Gasteiger partial charge on any atom is 0.0980 e. The summed E-state index contributed by atoms with van der Waals surface area (Å²) < 4.78 is 5.16. The lowest BCUT2D eigenvalue weighted by Gasteiger charge is -2.18. The molecule has 3 rings (SSSR count). The highest BCUT2D eigenvalue weighted by Gasteiger charge is 2.26. The Morgan fingerprint density at radius 1 is 1.24 bits per heavy atom. The maximum atomic E-state index is 10.5. The lowest BCUT2D eigenvalue weighted by atomic mass is 9.90. The number of fused-ring (bicyclic) bond motifs is 1. The molecule has 1 aromatic carbocycles. The van der Waals surface area contributed by atoms with Crippen LogP contribution in [-0.4, -0.2) is 19.7 Å². The number of thiazole rings is 1. The normalized spacial score (nSPS) is 13.7. The number of nitrogens with zero attached hydrogens (tertiary/aromatic N) is 3. The second kappa shape index (κ2) is 5.44. The molecule has 0 aliphatic rings. The van der Waals surface area contributed by atoms with Gasteiger partial charge in [0.15, 0.2) is 0 Å². The second-order valence-corrected chi connectivity index (χ2v) is 7.93. The third kappa shape index (κ3) is 2.97. The molecule has 0 aliphatic heterocycles. The molecular formula is C15H17N3OS2. The van der Waals surface area contributed by atoms with Crippen LogP contribution in [0.3, 0.4) is 0 Å². The van der Waals surface area contributed by atoms with Gasteiger partial charge in [-0.05, 0) is 23.7 Å². The Balaban J connectivity index is 1.86. The van der Waals surface area contributed by atoms with Gasteiger partial charge in [-0.25, -0.2) is 4.98 Å². The van der Waals surface area contributed by atoms with Crippen molar-refractivity contribution in [3.8, 4) is 0 Å². The van der Waals surface area contributed by atoms with Crippen molar-refractivity contribution < 1.29 is 5.11 Å². The van der Waals surface area contributed by atoms with Crippen molar-refractivity contribution in [3.63, 3.8) is 0 Å². The van der Waals surface area contributed by atoms with Gasteiger partial charge in [0.1, 0.15) is 0 Å². The van der Waals surface area contributed by atoms with Crippen molar-refractivity contribution in [1.82, 2.24) is 14.6 Å². The molecule has 110 valence electrons. The average molecular weight is 319 g/mol. The predicted molar refractivity (Wildman–Crippen MR) is 86.9 cm³/mol. The fraction of sp³-hybridized carbons (Fsp3) is 0.400. The summed E-state index contributed by atoms with van der Waals surface area (Å²) in [6.45, 7) is 6.24. The van der Waals surface area contributed by atoms with E-state index in [1.807, 2.05) is 18.2 Å². The average Bonchev–Trinajstić information content (AvgIpc) is 3.03. The summed E-state index contributed by atoms with van der Waals surface area (Å²) in [4.78, 5) is 5.43. The van der Waals surface area contributed by atoms with Gasteiger partial charge in [-0.1, -0.05) is 37.4 Å². The zero-order chi connectivity index (χ0) is 15.0. The van der Waals surface area contributed by atoms with E-state index in [9.17, 15) is 5.11 Å². The Kier molecular flexibility index (Phi) is 3.77. The molecule has 21 heavy (non-hydrogen) atoms. The molecular weight excluding hydrogens is 302 g/mol. The van der Waals surface area contributed by atoms with Gasteiger partial charge in [-0.2, -0.15) is 0 Å². The number of para-hydroxylation sites is 1. The molecule has 0 spiro atoms. The van der Waals surface area contributed by atoms with Crippen LogP contribution >= 0.6 is 22.9 Å². The minimum atomic E-state index is -0.597. The van der Waals surface area contributed by atoms with Crippen molar-refractivity contribution >= 4 is 33.1 Å². The molecule has 0 aliphatic carbocycles. The molecule has 0 bridgehead atoms.